The van der Waals surface area contributed by atoms with Crippen LogP contribution in [0.25, 0.3) is 0 Å². The van der Waals surface area contributed by atoms with Gasteiger partial charge in [0.05, 0.1) is 9.82 Å². The maximum absolute atomic E-state index is 11.9. The van der Waals surface area contributed by atoms with Crippen LogP contribution in [-0.4, -0.2) is 26.9 Å². The molecule has 0 fully saturated rings. The predicted octanol–water partition coefficient (Wildman–Crippen LogP) is 2.83. The third-order valence-corrected chi connectivity index (χ3v) is 6.43. The fourth-order valence-corrected chi connectivity index (χ4v) is 4.23. The fourth-order valence-electron chi connectivity index (χ4n) is 2.95. The molecule has 9 heteroatoms. The number of anilines is 1. The Morgan fingerprint density at radius 3 is 2.72 bits per heavy atom. The molecule has 0 radical (unpaired) electrons. The summed E-state index contributed by atoms with van der Waals surface area (Å²) in [5.74, 6) is 0. The molecule has 3 rings (SSSR count). The van der Waals surface area contributed by atoms with Gasteiger partial charge in [0.2, 0.25) is 10.0 Å². The number of benzene rings is 2. The number of hydrogen-bond donors (Lipinski definition) is 1. The van der Waals surface area contributed by atoms with E-state index in [1.165, 1.54) is 24.7 Å². The van der Waals surface area contributed by atoms with Crippen molar-refractivity contribution in [1.29, 1.82) is 0 Å². The third kappa shape index (κ3) is 3.39. The molecule has 1 aliphatic heterocycles. The van der Waals surface area contributed by atoms with E-state index in [0.717, 1.165) is 22.5 Å². The van der Waals surface area contributed by atoms with Crippen LogP contribution in [0, 0.1) is 10.1 Å². The van der Waals surface area contributed by atoms with Crippen molar-refractivity contribution in [3.63, 3.8) is 0 Å². The summed E-state index contributed by atoms with van der Waals surface area (Å²) in [5, 5.41) is 11.5. The molecule has 1 heterocycles. The minimum atomic E-state index is -3.74. The van der Waals surface area contributed by atoms with Gasteiger partial charge in [0.1, 0.15) is 5.69 Å². The lowest BCUT2D eigenvalue weighted by Gasteiger charge is -2.31. The lowest BCUT2D eigenvalue weighted by atomic mass is 9.99. The second-order valence-electron chi connectivity index (χ2n) is 5.66. The summed E-state index contributed by atoms with van der Waals surface area (Å²) in [6.45, 7) is 1.15. The maximum atomic E-state index is 11.9. The van der Waals surface area contributed by atoms with Crippen molar-refractivity contribution in [2.45, 2.75) is 17.9 Å². The van der Waals surface area contributed by atoms with Gasteiger partial charge in [-0.2, -0.15) is 0 Å². The van der Waals surface area contributed by atoms with E-state index >= 15 is 0 Å². The first-order valence-electron chi connectivity index (χ1n) is 7.56. The van der Waals surface area contributed by atoms with Crippen LogP contribution in [0.2, 0.25) is 0 Å². The SMILES string of the molecule is CNS(=O)(=O)c1ccc(N2CCc3cccc(Br)c3C2)c([N+](=O)[O-])c1. The van der Waals surface area contributed by atoms with E-state index < -0.39 is 14.9 Å². The molecule has 0 aliphatic carbocycles. The third-order valence-electron chi connectivity index (χ3n) is 4.28. The quantitative estimate of drug-likeness (QED) is 0.600. The first-order valence-corrected chi connectivity index (χ1v) is 9.84. The van der Waals surface area contributed by atoms with E-state index in [9.17, 15) is 18.5 Å². The molecule has 1 aliphatic rings. The molecule has 25 heavy (non-hydrogen) atoms. The highest BCUT2D eigenvalue weighted by Gasteiger charge is 2.26. The summed E-state index contributed by atoms with van der Waals surface area (Å²) in [6.07, 6.45) is 0.766. The largest absolute Gasteiger partial charge is 0.361 e. The number of fused-ring (bicyclic) bond motifs is 1. The van der Waals surface area contributed by atoms with Gasteiger partial charge in [0.15, 0.2) is 0 Å². The van der Waals surface area contributed by atoms with Gasteiger partial charge in [-0.05, 0) is 42.8 Å². The summed E-state index contributed by atoms with van der Waals surface area (Å²) >= 11 is 3.53. The highest BCUT2D eigenvalue weighted by Crippen LogP contribution is 2.35. The molecule has 0 bridgehead atoms. The molecule has 1 N–H and O–H groups in total. The summed E-state index contributed by atoms with van der Waals surface area (Å²) < 4.78 is 27.0. The second-order valence-corrected chi connectivity index (χ2v) is 8.41. The van der Waals surface area contributed by atoms with Crippen molar-refractivity contribution in [1.82, 2.24) is 4.72 Å². The lowest BCUT2D eigenvalue weighted by Crippen LogP contribution is -2.31. The van der Waals surface area contributed by atoms with Crippen LogP contribution >= 0.6 is 15.9 Å². The summed E-state index contributed by atoms with van der Waals surface area (Å²) in [6, 6.07) is 9.97. The van der Waals surface area contributed by atoms with E-state index in [1.54, 1.807) is 0 Å². The van der Waals surface area contributed by atoms with Crippen molar-refractivity contribution < 1.29 is 13.3 Å². The van der Waals surface area contributed by atoms with Crippen molar-refractivity contribution in [3.05, 3.63) is 62.1 Å². The number of rotatable bonds is 4. The van der Waals surface area contributed by atoms with E-state index in [0.29, 0.717) is 18.8 Å². The monoisotopic (exact) mass is 425 g/mol. The highest BCUT2D eigenvalue weighted by atomic mass is 79.9. The van der Waals surface area contributed by atoms with Gasteiger partial charge in [-0.25, -0.2) is 13.1 Å². The Kier molecular flexibility index (Phi) is 4.81. The molecule has 0 unspecified atom stereocenters. The number of nitrogens with one attached hydrogen (secondary N) is 1. The molecular weight excluding hydrogens is 410 g/mol. The molecule has 0 aromatic heterocycles. The molecule has 0 saturated heterocycles. The number of nitrogens with zero attached hydrogens (tertiary/aromatic N) is 2. The number of hydrogen-bond acceptors (Lipinski definition) is 5. The van der Waals surface area contributed by atoms with Crippen LogP contribution in [-0.2, 0) is 23.0 Å². The van der Waals surface area contributed by atoms with Gasteiger partial charge in [-0.3, -0.25) is 10.1 Å². The number of nitro groups is 1. The van der Waals surface area contributed by atoms with Gasteiger partial charge in [-0.15, -0.1) is 0 Å². The van der Waals surface area contributed by atoms with Crippen LogP contribution in [0.3, 0.4) is 0 Å². The van der Waals surface area contributed by atoms with Gasteiger partial charge < -0.3 is 4.90 Å². The Hall–Kier alpha value is -1.97. The second kappa shape index (κ2) is 6.74. The maximum Gasteiger partial charge on any atom is 0.293 e. The molecule has 7 nitrogen and oxygen atoms in total. The molecule has 0 spiro atoms. The van der Waals surface area contributed by atoms with Crippen molar-refractivity contribution in [2.75, 3.05) is 18.5 Å². The Morgan fingerprint density at radius 2 is 2.04 bits per heavy atom. The van der Waals surface area contributed by atoms with E-state index in [4.69, 9.17) is 0 Å². The molecule has 0 amide bonds. The van der Waals surface area contributed by atoms with Crippen LogP contribution in [0.15, 0.2) is 45.8 Å². The van der Waals surface area contributed by atoms with E-state index in [2.05, 4.69) is 26.7 Å². The topological polar surface area (TPSA) is 92.6 Å². The number of nitro benzene ring substituents is 1. The Balaban J connectivity index is 2.03. The van der Waals surface area contributed by atoms with Crippen molar-refractivity contribution >= 4 is 37.3 Å². The molecule has 0 atom stereocenters. The van der Waals surface area contributed by atoms with Crippen LogP contribution < -0.4 is 9.62 Å². The zero-order chi connectivity index (χ0) is 18.2. The first kappa shape index (κ1) is 17.8. The summed E-state index contributed by atoms with van der Waals surface area (Å²) in [5.41, 5.74) is 2.51. The average molecular weight is 426 g/mol. The standard InChI is InChI=1S/C16H16BrN3O4S/c1-18-25(23,24)12-5-6-15(16(9-12)20(21)22)19-8-7-11-3-2-4-14(17)13(11)10-19/h2-6,9,18H,7-8,10H2,1H3. The minimum absolute atomic E-state index is 0.121. The smallest absolute Gasteiger partial charge is 0.293 e. The van der Waals surface area contributed by atoms with E-state index in [1.807, 2.05) is 17.0 Å². The normalized spacial score (nSPS) is 14.2. The van der Waals surface area contributed by atoms with Gasteiger partial charge in [0.25, 0.3) is 5.69 Å². The van der Waals surface area contributed by atoms with Crippen molar-refractivity contribution in [3.8, 4) is 0 Å². The van der Waals surface area contributed by atoms with Crippen LogP contribution in [0.4, 0.5) is 11.4 Å². The number of sulfonamides is 1. The van der Waals surface area contributed by atoms with Gasteiger partial charge in [0, 0.05) is 23.6 Å². The van der Waals surface area contributed by atoms with E-state index in [-0.39, 0.29) is 10.6 Å². The highest BCUT2D eigenvalue weighted by molar-refractivity contribution is 9.10. The molecule has 132 valence electrons. The fraction of sp³-hybridized carbons (Fsp3) is 0.250. The Bertz CT molecular complexity index is 946. The van der Waals surface area contributed by atoms with Gasteiger partial charge >= 0.3 is 0 Å². The van der Waals surface area contributed by atoms with Crippen LogP contribution in [0.5, 0.6) is 0 Å². The summed E-state index contributed by atoms with van der Waals surface area (Å²) in [4.78, 5) is 12.7. The van der Waals surface area contributed by atoms with Gasteiger partial charge in [-0.1, -0.05) is 28.1 Å². The average Bonchev–Trinajstić information content (AvgIpc) is 2.61. The zero-order valence-corrected chi connectivity index (χ0v) is 15.8. The predicted molar refractivity (Wildman–Crippen MR) is 98.2 cm³/mol. The number of halogens is 1. The Labute approximate surface area is 154 Å². The van der Waals surface area contributed by atoms with Crippen molar-refractivity contribution in [2.24, 2.45) is 0 Å². The molecule has 0 saturated carbocycles. The molecular formula is C16H16BrN3O4S. The lowest BCUT2D eigenvalue weighted by molar-refractivity contribution is -0.384. The minimum Gasteiger partial charge on any atom is -0.361 e. The molecule has 2 aromatic carbocycles. The zero-order valence-electron chi connectivity index (χ0n) is 13.4. The summed E-state index contributed by atoms with van der Waals surface area (Å²) in [7, 11) is -2.47. The first-order chi connectivity index (χ1) is 11.8. The van der Waals surface area contributed by atoms with Crippen LogP contribution in [0.1, 0.15) is 11.1 Å². The Morgan fingerprint density at radius 1 is 1.28 bits per heavy atom. The molecule has 2 aromatic rings.